The molecular formula is C19H25N3O2S2. The fourth-order valence-electron chi connectivity index (χ4n) is 2.56. The Kier molecular flexibility index (Phi) is 7.34. The number of benzene rings is 1. The molecule has 0 aliphatic rings. The second-order valence-corrected chi connectivity index (χ2v) is 9.04. The molecule has 0 spiro atoms. The summed E-state index contributed by atoms with van der Waals surface area (Å²) in [6, 6.07) is 5.61. The normalized spacial score (nSPS) is 11.0. The molecule has 26 heavy (non-hydrogen) atoms. The average Bonchev–Trinajstić information content (AvgIpc) is 2.54. The lowest BCUT2D eigenvalue weighted by Gasteiger charge is -2.12. The summed E-state index contributed by atoms with van der Waals surface area (Å²) >= 11 is 2.97. The van der Waals surface area contributed by atoms with Crippen LogP contribution in [0.1, 0.15) is 36.2 Å². The molecule has 0 radical (unpaired) electrons. The van der Waals surface area contributed by atoms with Crippen LogP contribution in [0.25, 0.3) is 0 Å². The van der Waals surface area contributed by atoms with Crippen LogP contribution in [-0.4, -0.2) is 26.9 Å². The number of thioether (sulfide) groups is 2. The second-order valence-electron chi connectivity index (χ2n) is 6.51. The lowest BCUT2D eigenvalue weighted by Crippen LogP contribution is -2.17. The maximum Gasteiger partial charge on any atom is 0.251 e. The Hall–Kier alpha value is -1.73. The third-order valence-electron chi connectivity index (χ3n) is 3.62. The van der Waals surface area contributed by atoms with E-state index in [1.54, 1.807) is 11.8 Å². The van der Waals surface area contributed by atoms with Crippen LogP contribution >= 0.6 is 23.5 Å². The number of nitrogens with one attached hydrogen (secondary N) is 2. The monoisotopic (exact) mass is 391 g/mol. The van der Waals surface area contributed by atoms with E-state index >= 15 is 0 Å². The summed E-state index contributed by atoms with van der Waals surface area (Å²) in [6.07, 6.45) is 0. The molecule has 0 fully saturated rings. The summed E-state index contributed by atoms with van der Waals surface area (Å²) in [5.41, 5.74) is 4.66. The van der Waals surface area contributed by atoms with Gasteiger partial charge in [-0.25, -0.2) is 4.98 Å². The molecule has 5 nitrogen and oxygen atoms in total. The number of H-pyrrole nitrogens is 1. The van der Waals surface area contributed by atoms with E-state index in [1.807, 2.05) is 32.9 Å². The predicted octanol–water partition coefficient (Wildman–Crippen LogP) is 4.07. The topological polar surface area (TPSA) is 74.8 Å². The maximum atomic E-state index is 12.3. The van der Waals surface area contributed by atoms with E-state index in [4.69, 9.17) is 0 Å². The van der Waals surface area contributed by atoms with Crippen LogP contribution in [0.3, 0.4) is 0 Å². The van der Waals surface area contributed by atoms with Gasteiger partial charge in [0.25, 0.3) is 5.56 Å². The summed E-state index contributed by atoms with van der Waals surface area (Å²) in [5, 5.41) is 3.91. The maximum absolute atomic E-state index is 12.3. The van der Waals surface area contributed by atoms with E-state index in [-0.39, 0.29) is 17.2 Å². The number of hydrogen-bond acceptors (Lipinski definition) is 5. The van der Waals surface area contributed by atoms with E-state index < -0.39 is 0 Å². The number of aryl methyl sites for hydroxylation is 3. The van der Waals surface area contributed by atoms with Crippen molar-refractivity contribution < 1.29 is 4.79 Å². The van der Waals surface area contributed by atoms with Crippen molar-refractivity contribution in [1.29, 1.82) is 0 Å². The standard InChI is InChI=1S/C19H25N3O2S2/c1-11(2)25-9-15-8-16(23)22-19(20-15)26-10-17(24)21-18-13(4)6-12(3)7-14(18)5/h6-8,11H,9-10H2,1-5H3,(H,21,24)(H,20,22,23). The number of amides is 1. The molecule has 1 aromatic heterocycles. The molecule has 7 heteroatoms. The van der Waals surface area contributed by atoms with Crippen molar-refractivity contribution >= 4 is 35.1 Å². The number of rotatable bonds is 7. The number of hydrogen-bond donors (Lipinski definition) is 2. The van der Waals surface area contributed by atoms with Crippen LogP contribution in [-0.2, 0) is 10.5 Å². The summed E-state index contributed by atoms with van der Waals surface area (Å²) < 4.78 is 0. The molecule has 1 aromatic carbocycles. The molecule has 2 N–H and O–H groups in total. The first-order chi connectivity index (χ1) is 12.2. The smallest absolute Gasteiger partial charge is 0.251 e. The van der Waals surface area contributed by atoms with E-state index in [0.29, 0.717) is 16.2 Å². The third-order valence-corrected chi connectivity index (χ3v) is 5.62. The predicted molar refractivity (Wildman–Crippen MR) is 111 cm³/mol. The summed E-state index contributed by atoms with van der Waals surface area (Å²) in [6.45, 7) is 10.2. The van der Waals surface area contributed by atoms with Crippen molar-refractivity contribution in [3.63, 3.8) is 0 Å². The first-order valence-electron chi connectivity index (χ1n) is 8.47. The molecule has 0 saturated heterocycles. The summed E-state index contributed by atoms with van der Waals surface area (Å²) in [5.74, 6) is 0.759. The van der Waals surface area contributed by atoms with Crippen molar-refractivity contribution in [3.05, 3.63) is 50.9 Å². The zero-order valence-corrected chi connectivity index (χ0v) is 17.4. The molecule has 0 aliphatic carbocycles. The summed E-state index contributed by atoms with van der Waals surface area (Å²) in [4.78, 5) is 31.2. The Morgan fingerprint density at radius 2 is 1.85 bits per heavy atom. The van der Waals surface area contributed by atoms with Crippen molar-refractivity contribution in [2.75, 3.05) is 11.1 Å². The first-order valence-corrected chi connectivity index (χ1v) is 10.5. The Balaban J connectivity index is 2.00. The highest BCUT2D eigenvalue weighted by molar-refractivity contribution is 7.99. The highest BCUT2D eigenvalue weighted by atomic mass is 32.2. The van der Waals surface area contributed by atoms with E-state index in [0.717, 1.165) is 22.5 Å². The van der Waals surface area contributed by atoms with Crippen molar-refractivity contribution in [2.24, 2.45) is 0 Å². The van der Waals surface area contributed by atoms with Gasteiger partial charge in [-0.3, -0.25) is 9.59 Å². The van der Waals surface area contributed by atoms with Gasteiger partial charge in [0, 0.05) is 17.5 Å². The Labute approximate surface area is 162 Å². The molecule has 1 heterocycles. The fourth-order valence-corrected chi connectivity index (χ4v) is 3.91. The van der Waals surface area contributed by atoms with Crippen molar-refractivity contribution in [1.82, 2.24) is 9.97 Å². The minimum absolute atomic E-state index is 0.116. The van der Waals surface area contributed by atoms with Crippen LogP contribution < -0.4 is 10.9 Å². The van der Waals surface area contributed by atoms with Gasteiger partial charge in [-0.1, -0.05) is 43.3 Å². The molecule has 1 amide bonds. The molecule has 0 bridgehead atoms. The molecule has 0 atom stereocenters. The van der Waals surface area contributed by atoms with Gasteiger partial charge < -0.3 is 10.3 Å². The Morgan fingerprint density at radius 1 is 1.19 bits per heavy atom. The van der Waals surface area contributed by atoms with Crippen molar-refractivity contribution in [2.45, 2.75) is 50.8 Å². The highest BCUT2D eigenvalue weighted by Crippen LogP contribution is 2.23. The first kappa shape index (κ1) is 20.6. The largest absolute Gasteiger partial charge is 0.325 e. The molecule has 2 aromatic rings. The van der Waals surface area contributed by atoms with Gasteiger partial charge in [-0.2, -0.15) is 11.8 Å². The quantitative estimate of drug-likeness (QED) is 0.550. The molecule has 2 rings (SSSR count). The van der Waals surface area contributed by atoms with Gasteiger partial charge in [0.15, 0.2) is 5.16 Å². The average molecular weight is 392 g/mol. The van der Waals surface area contributed by atoms with Crippen LogP contribution in [0, 0.1) is 20.8 Å². The van der Waals surface area contributed by atoms with Crippen molar-refractivity contribution in [3.8, 4) is 0 Å². The van der Waals surface area contributed by atoms with Crippen LogP contribution in [0.15, 0.2) is 28.2 Å². The van der Waals surface area contributed by atoms with E-state index in [2.05, 4.69) is 29.1 Å². The molecule has 0 aliphatic heterocycles. The number of aromatic amines is 1. The van der Waals surface area contributed by atoms with Crippen LogP contribution in [0.4, 0.5) is 5.69 Å². The number of nitrogens with zero attached hydrogens (tertiary/aromatic N) is 1. The van der Waals surface area contributed by atoms with Crippen LogP contribution in [0.5, 0.6) is 0 Å². The van der Waals surface area contributed by atoms with Gasteiger partial charge in [0.2, 0.25) is 5.91 Å². The van der Waals surface area contributed by atoms with E-state index in [1.165, 1.54) is 23.4 Å². The molecule has 140 valence electrons. The van der Waals surface area contributed by atoms with Gasteiger partial charge >= 0.3 is 0 Å². The Bertz CT molecular complexity index is 824. The van der Waals surface area contributed by atoms with Gasteiger partial charge in [-0.05, 0) is 37.1 Å². The molecule has 0 saturated carbocycles. The minimum Gasteiger partial charge on any atom is -0.325 e. The third kappa shape index (κ3) is 6.21. The van der Waals surface area contributed by atoms with Gasteiger partial charge in [0.05, 0.1) is 11.4 Å². The number of aromatic nitrogens is 2. The fraction of sp³-hybridized carbons (Fsp3) is 0.421. The lowest BCUT2D eigenvalue weighted by atomic mass is 10.1. The SMILES string of the molecule is Cc1cc(C)c(NC(=O)CSc2nc(CSC(C)C)cc(=O)[nH]2)c(C)c1. The Morgan fingerprint density at radius 3 is 2.46 bits per heavy atom. The number of carbonyl (C=O) groups is 1. The van der Waals surface area contributed by atoms with Gasteiger partial charge in [0.1, 0.15) is 0 Å². The van der Waals surface area contributed by atoms with Crippen LogP contribution in [0.2, 0.25) is 0 Å². The zero-order chi connectivity index (χ0) is 19.3. The van der Waals surface area contributed by atoms with E-state index in [9.17, 15) is 9.59 Å². The van der Waals surface area contributed by atoms with Gasteiger partial charge in [-0.15, -0.1) is 0 Å². The number of carbonyl (C=O) groups excluding carboxylic acids is 1. The lowest BCUT2D eigenvalue weighted by molar-refractivity contribution is -0.113. The molecule has 0 unspecified atom stereocenters. The summed E-state index contributed by atoms with van der Waals surface area (Å²) in [7, 11) is 0. The zero-order valence-electron chi connectivity index (χ0n) is 15.8. The molecular weight excluding hydrogens is 366 g/mol. The highest BCUT2D eigenvalue weighted by Gasteiger charge is 2.10. The second kappa shape index (κ2) is 9.28. The minimum atomic E-state index is -0.188. The number of anilines is 1.